The molecular formula is C10H8ClFN4O2S. The summed E-state index contributed by atoms with van der Waals surface area (Å²) in [7, 11) is 0. The number of benzene rings is 1. The first-order valence-corrected chi connectivity index (χ1v) is 6.36. The Morgan fingerprint density at radius 2 is 2.26 bits per heavy atom. The summed E-state index contributed by atoms with van der Waals surface area (Å²) >= 11 is 6.55. The van der Waals surface area contributed by atoms with Crippen LogP contribution < -0.4 is 5.84 Å². The van der Waals surface area contributed by atoms with Crippen LogP contribution in [0, 0.1) is 5.82 Å². The third-order valence-electron chi connectivity index (χ3n) is 2.16. The van der Waals surface area contributed by atoms with Crippen molar-refractivity contribution in [2.75, 3.05) is 11.6 Å². The van der Waals surface area contributed by atoms with Gasteiger partial charge in [0, 0.05) is 5.02 Å². The van der Waals surface area contributed by atoms with Crippen LogP contribution in [0.3, 0.4) is 0 Å². The molecule has 9 heteroatoms. The maximum Gasteiger partial charge on any atom is 0.313 e. The molecule has 0 atom stereocenters. The number of carboxylic acids is 1. The maximum atomic E-state index is 13.7. The number of hydrogen-bond acceptors (Lipinski definition) is 5. The summed E-state index contributed by atoms with van der Waals surface area (Å²) in [6.07, 6.45) is 0. The summed E-state index contributed by atoms with van der Waals surface area (Å²) in [6.45, 7) is 0. The van der Waals surface area contributed by atoms with Crippen molar-refractivity contribution in [2.45, 2.75) is 5.16 Å². The van der Waals surface area contributed by atoms with Crippen molar-refractivity contribution in [3.63, 3.8) is 0 Å². The van der Waals surface area contributed by atoms with Gasteiger partial charge >= 0.3 is 5.97 Å². The van der Waals surface area contributed by atoms with Crippen molar-refractivity contribution >= 4 is 29.3 Å². The van der Waals surface area contributed by atoms with Crippen molar-refractivity contribution in [1.82, 2.24) is 14.9 Å². The van der Waals surface area contributed by atoms with E-state index in [0.717, 1.165) is 22.5 Å². The minimum absolute atomic E-state index is 0.0991. The largest absolute Gasteiger partial charge is 0.481 e. The van der Waals surface area contributed by atoms with E-state index in [1.807, 2.05) is 0 Å². The molecule has 3 N–H and O–H groups in total. The van der Waals surface area contributed by atoms with E-state index < -0.39 is 11.8 Å². The second kappa shape index (κ2) is 5.45. The van der Waals surface area contributed by atoms with Gasteiger partial charge in [-0.1, -0.05) is 23.4 Å². The van der Waals surface area contributed by atoms with Crippen LogP contribution in [-0.4, -0.2) is 31.7 Å². The lowest BCUT2D eigenvalue weighted by molar-refractivity contribution is -0.133. The van der Waals surface area contributed by atoms with Crippen molar-refractivity contribution in [3.05, 3.63) is 29.0 Å². The Balaban J connectivity index is 2.33. The molecule has 1 aromatic heterocycles. The lowest BCUT2D eigenvalue weighted by Gasteiger charge is -2.04. The summed E-state index contributed by atoms with van der Waals surface area (Å²) in [6, 6.07) is 4.06. The molecule has 100 valence electrons. The molecule has 1 aromatic carbocycles. The summed E-state index contributed by atoms with van der Waals surface area (Å²) in [5.41, 5.74) is 0.140. The van der Waals surface area contributed by atoms with E-state index >= 15 is 0 Å². The number of nitrogen functional groups attached to an aromatic ring is 1. The summed E-state index contributed by atoms with van der Waals surface area (Å²) in [5, 5.41) is 16.5. The highest BCUT2D eigenvalue weighted by atomic mass is 35.5. The number of carbonyl (C=O) groups is 1. The van der Waals surface area contributed by atoms with Crippen LogP contribution >= 0.6 is 23.4 Å². The molecule has 0 unspecified atom stereocenters. The van der Waals surface area contributed by atoms with Gasteiger partial charge in [0.05, 0.1) is 11.3 Å². The van der Waals surface area contributed by atoms with E-state index in [9.17, 15) is 9.18 Å². The van der Waals surface area contributed by atoms with Gasteiger partial charge in [-0.3, -0.25) is 4.79 Å². The zero-order chi connectivity index (χ0) is 14.0. The predicted molar refractivity (Wildman–Crippen MR) is 68.9 cm³/mol. The Morgan fingerprint density at radius 3 is 2.89 bits per heavy atom. The molecule has 0 spiro atoms. The molecule has 0 fully saturated rings. The van der Waals surface area contributed by atoms with E-state index in [-0.39, 0.29) is 27.3 Å². The number of aromatic nitrogens is 3. The lowest BCUT2D eigenvalue weighted by Crippen LogP contribution is -2.13. The molecule has 0 amide bonds. The first kappa shape index (κ1) is 13.6. The average Bonchev–Trinajstić information content (AvgIpc) is 2.68. The van der Waals surface area contributed by atoms with Crippen LogP contribution in [0.5, 0.6) is 0 Å². The minimum atomic E-state index is -1.01. The number of halogens is 2. The van der Waals surface area contributed by atoms with Crippen LogP contribution in [-0.2, 0) is 4.79 Å². The molecular weight excluding hydrogens is 295 g/mol. The highest BCUT2D eigenvalue weighted by Gasteiger charge is 2.16. The molecule has 2 rings (SSSR count). The SMILES string of the molecule is Nn1c(SCC(=O)O)nnc1-c1ccc(Cl)cc1F. The Kier molecular flexibility index (Phi) is 3.91. The quantitative estimate of drug-likeness (QED) is 0.658. The van der Waals surface area contributed by atoms with Gasteiger partial charge in [0.25, 0.3) is 0 Å². The van der Waals surface area contributed by atoms with Gasteiger partial charge in [0.2, 0.25) is 5.16 Å². The topological polar surface area (TPSA) is 94.0 Å². The van der Waals surface area contributed by atoms with Gasteiger partial charge in [0.15, 0.2) is 5.82 Å². The Hall–Kier alpha value is -1.80. The molecule has 19 heavy (non-hydrogen) atoms. The van der Waals surface area contributed by atoms with Gasteiger partial charge < -0.3 is 10.9 Å². The van der Waals surface area contributed by atoms with Crippen molar-refractivity contribution in [1.29, 1.82) is 0 Å². The Bertz CT molecular complexity index is 634. The van der Waals surface area contributed by atoms with Crippen LogP contribution in [0.15, 0.2) is 23.4 Å². The molecule has 0 saturated carbocycles. The fraction of sp³-hybridized carbons (Fsp3) is 0.100. The second-order valence-electron chi connectivity index (χ2n) is 3.48. The predicted octanol–water partition coefficient (Wildman–Crippen LogP) is 1.63. The number of thioether (sulfide) groups is 1. The van der Waals surface area contributed by atoms with Gasteiger partial charge in [-0.25, -0.2) is 9.07 Å². The van der Waals surface area contributed by atoms with E-state index in [1.165, 1.54) is 12.1 Å². The van der Waals surface area contributed by atoms with E-state index in [2.05, 4.69) is 10.2 Å². The Morgan fingerprint density at radius 1 is 1.53 bits per heavy atom. The van der Waals surface area contributed by atoms with Crippen LogP contribution in [0.4, 0.5) is 4.39 Å². The second-order valence-corrected chi connectivity index (χ2v) is 4.86. The molecule has 0 bridgehead atoms. The Labute approximate surface area is 116 Å². The number of aliphatic carboxylic acids is 1. The summed E-state index contributed by atoms with van der Waals surface area (Å²) in [4.78, 5) is 10.5. The van der Waals surface area contributed by atoms with Crippen LogP contribution in [0.1, 0.15) is 0 Å². The molecule has 0 aliphatic rings. The van der Waals surface area contributed by atoms with Gasteiger partial charge in [-0.15, -0.1) is 10.2 Å². The smallest absolute Gasteiger partial charge is 0.313 e. The fourth-order valence-corrected chi connectivity index (χ4v) is 2.09. The number of nitrogens with two attached hydrogens (primary N) is 1. The maximum absolute atomic E-state index is 13.7. The van der Waals surface area contributed by atoms with Crippen LogP contribution in [0.25, 0.3) is 11.4 Å². The summed E-state index contributed by atoms with van der Waals surface area (Å²) < 4.78 is 14.8. The molecule has 0 aliphatic carbocycles. The molecule has 2 aromatic rings. The zero-order valence-corrected chi connectivity index (χ0v) is 11.0. The fourth-order valence-electron chi connectivity index (χ4n) is 1.36. The minimum Gasteiger partial charge on any atom is -0.481 e. The number of rotatable bonds is 4. The molecule has 1 heterocycles. The highest BCUT2D eigenvalue weighted by molar-refractivity contribution is 7.99. The standard InChI is InChI=1S/C10H8ClFN4O2S/c11-5-1-2-6(7(12)3-5)9-14-15-10(16(9)13)19-4-8(17)18/h1-3H,4,13H2,(H,17,18). The van der Waals surface area contributed by atoms with Crippen LogP contribution in [0.2, 0.25) is 5.02 Å². The van der Waals surface area contributed by atoms with Gasteiger partial charge in [-0.2, -0.15) is 0 Å². The van der Waals surface area contributed by atoms with Crippen molar-refractivity contribution in [2.24, 2.45) is 0 Å². The number of nitrogens with zero attached hydrogens (tertiary/aromatic N) is 3. The van der Waals surface area contributed by atoms with Gasteiger partial charge in [0.1, 0.15) is 5.82 Å². The molecule has 0 saturated heterocycles. The number of carboxylic acid groups (broad SMARTS) is 1. The average molecular weight is 303 g/mol. The van der Waals surface area contributed by atoms with Crippen molar-refractivity contribution < 1.29 is 14.3 Å². The normalized spacial score (nSPS) is 10.6. The highest BCUT2D eigenvalue weighted by Crippen LogP contribution is 2.25. The summed E-state index contributed by atoms with van der Waals surface area (Å²) in [5.74, 6) is 4.01. The van der Waals surface area contributed by atoms with Gasteiger partial charge in [-0.05, 0) is 18.2 Å². The number of hydrogen-bond donors (Lipinski definition) is 2. The first-order chi connectivity index (χ1) is 8.99. The monoisotopic (exact) mass is 302 g/mol. The third-order valence-corrected chi connectivity index (χ3v) is 3.32. The molecule has 6 nitrogen and oxygen atoms in total. The van der Waals surface area contributed by atoms with E-state index in [4.69, 9.17) is 22.6 Å². The lowest BCUT2D eigenvalue weighted by atomic mass is 10.2. The molecule has 0 radical (unpaired) electrons. The molecule has 0 aliphatic heterocycles. The van der Waals surface area contributed by atoms with E-state index in [0.29, 0.717) is 0 Å². The first-order valence-electron chi connectivity index (χ1n) is 4.99. The van der Waals surface area contributed by atoms with Crippen molar-refractivity contribution in [3.8, 4) is 11.4 Å². The third kappa shape index (κ3) is 2.96. The van der Waals surface area contributed by atoms with E-state index in [1.54, 1.807) is 0 Å². The zero-order valence-electron chi connectivity index (χ0n) is 9.38.